The Balaban J connectivity index is 2.34. The maximum atomic E-state index is 11.6. The van der Waals surface area contributed by atoms with Gasteiger partial charge in [0.2, 0.25) is 0 Å². The number of nitrogens with zero attached hydrogens (tertiary/aromatic N) is 1. The van der Waals surface area contributed by atoms with Crippen molar-refractivity contribution in [1.29, 1.82) is 0 Å². The van der Waals surface area contributed by atoms with E-state index in [1.165, 1.54) is 0 Å². The van der Waals surface area contributed by atoms with Crippen LogP contribution in [0.1, 0.15) is 33.6 Å². The van der Waals surface area contributed by atoms with Crippen LogP contribution in [0.2, 0.25) is 0 Å². The molecule has 2 amide bonds. The van der Waals surface area contributed by atoms with Gasteiger partial charge in [0, 0.05) is 19.1 Å². The lowest BCUT2D eigenvalue weighted by molar-refractivity contribution is 0.0795. The van der Waals surface area contributed by atoms with Gasteiger partial charge in [-0.2, -0.15) is 0 Å². The summed E-state index contributed by atoms with van der Waals surface area (Å²) in [4.78, 5) is 13.5. The average Bonchev–Trinajstić information content (AvgIpc) is 2.17. The van der Waals surface area contributed by atoms with Gasteiger partial charge in [-0.1, -0.05) is 0 Å². The quantitative estimate of drug-likeness (QED) is 0.725. The number of carbonyl (C=O) groups excluding carboxylic acids is 1. The number of urea groups is 1. The van der Waals surface area contributed by atoms with Gasteiger partial charge in [-0.05, 0) is 39.5 Å². The number of carbonyl (C=O) groups is 1. The van der Waals surface area contributed by atoms with Crippen LogP contribution in [0.25, 0.3) is 0 Å². The molecule has 0 bridgehead atoms. The lowest BCUT2D eigenvalue weighted by Gasteiger charge is -2.33. The monoisotopic (exact) mass is 214 g/mol. The highest BCUT2D eigenvalue weighted by Crippen LogP contribution is 2.20. The zero-order valence-electron chi connectivity index (χ0n) is 9.86. The van der Waals surface area contributed by atoms with Crippen molar-refractivity contribution in [3.05, 3.63) is 0 Å². The Hall–Kier alpha value is -0.770. The number of likely N-dealkylation sites (tertiary alicyclic amines) is 1. The molecule has 0 saturated carbocycles. The summed E-state index contributed by atoms with van der Waals surface area (Å²) in [5.41, 5.74) is 0. The first kappa shape index (κ1) is 12.3. The number of amides is 2. The Morgan fingerprint density at radius 3 is 2.27 bits per heavy atom. The summed E-state index contributed by atoms with van der Waals surface area (Å²) >= 11 is 0. The molecule has 15 heavy (non-hydrogen) atoms. The number of aliphatic hydroxyl groups is 1. The number of hydrogen-bond donors (Lipinski definition) is 2. The van der Waals surface area contributed by atoms with Crippen LogP contribution in [0.4, 0.5) is 4.79 Å². The molecule has 1 fully saturated rings. The van der Waals surface area contributed by atoms with Crippen molar-refractivity contribution < 1.29 is 9.90 Å². The first-order chi connectivity index (χ1) is 7.00. The summed E-state index contributed by atoms with van der Waals surface area (Å²) < 4.78 is 0. The van der Waals surface area contributed by atoms with Crippen LogP contribution >= 0.6 is 0 Å². The first-order valence-electron chi connectivity index (χ1n) is 5.74. The lowest BCUT2D eigenvalue weighted by Crippen LogP contribution is -2.47. The molecule has 0 aromatic heterocycles. The van der Waals surface area contributed by atoms with Gasteiger partial charge in [0.15, 0.2) is 0 Å². The number of nitrogens with one attached hydrogen (secondary N) is 1. The van der Waals surface area contributed by atoms with Crippen LogP contribution < -0.4 is 5.32 Å². The topological polar surface area (TPSA) is 52.6 Å². The van der Waals surface area contributed by atoms with Crippen LogP contribution in [0.15, 0.2) is 0 Å². The highest BCUT2D eigenvalue weighted by molar-refractivity contribution is 5.74. The maximum Gasteiger partial charge on any atom is 0.317 e. The second kappa shape index (κ2) is 5.35. The smallest absolute Gasteiger partial charge is 0.317 e. The second-order valence-electron chi connectivity index (χ2n) is 4.67. The molecule has 2 N–H and O–H groups in total. The highest BCUT2D eigenvalue weighted by atomic mass is 16.3. The predicted molar refractivity (Wildman–Crippen MR) is 59.6 cm³/mol. The Bertz CT molecular complexity index is 209. The molecule has 1 aliphatic heterocycles. The van der Waals surface area contributed by atoms with Gasteiger partial charge in [0.25, 0.3) is 0 Å². The van der Waals surface area contributed by atoms with E-state index in [0.717, 1.165) is 25.9 Å². The number of hydrogen-bond acceptors (Lipinski definition) is 2. The van der Waals surface area contributed by atoms with Crippen molar-refractivity contribution in [2.45, 2.75) is 45.8 Å². The van der Waals surface area contributed by atoms with E-state index in [1.807, 2.05) is 25.7 Å². The third kappa shape index (κ3) is 3.70. The normalized spacial score (nSPS) is 20.5. The zero-order valence-corrected chi connectivity index (χ0v) is 9.86. The molecule has 0 radical (unpaired) electrons. The van der Waals surface area contributed by atoms with Crippen molar-refractivity contribution in [2.24, 2.45) is 5.92 Å². The predicted octanol–water partition coefficient (Wildman–Crippen LogP) is 1.20. The van der Waals surface area contributed by atoms with E-state index in [-0.39, 0.29) is 18.2 Å². The minimum Gasteiger partial charge on any atom is -0.393 e. The van der Waals surface area contributed by atoms with Crippen molar-refractivity contribution in [3.8, 4) is 0 Å². The molecule has 0 aromatic carbocycles. The molecule has 1 heterocycles. The van der Waals surface area contributed by atoms with Crippen molar-refractivity contribution >= 4 is 6.03 Å². The molecule has 1 saturated heterocycles. The molecule has 88 valence electrons. The van der Waals surface area contributed by atoms with Crippen LogP contribution in [-0.4, -0.2) is 41.3 Å². The van der Waals surface area contributed by atoms with Gasteiger partial charge in [0.1, 0.15) is 0 Å². The zero-order chi connectivity index (χ0) is 11.4. The largest absolute Gasteiger partial charge is 0.393 e. The maximum absolute atomic E-state index is 11.6. The third-order valence-electron chi connectivity index (χ3n) is 2.92. The number of rotatable bonds is 2. The van der Waals surface area contributed by atoms with Gasteiger partial charge in [-0.3, -0.25) is 0 Å². The van der Waals surface area contributed by atoms with Gasteiger partial charge in [0.05, 0.1) is 6.10 Å². The Kier molecular flexibility index (Phi) is 4.39. The van der Waals surface area contributed by atoms with Crippen molar-refractivity contribution in [3.63, 3.8) is 0 Å². The molecule has 0 aliphatic carbocycles. The van der Waals surface area contributed by atoms with Crippen LogP contribution in [0.5, 0.6) is 0 Å². The van der Waals surface area contributed by atoms with E-state index in [0.29, 0.717) is 5.92 Å². The summed E-state index contributed by atoms with van der Waals surface area (Å²) in [6.07, 6.45) is 1.56. The van der Waals surface area contributed by atoms with Crippen molar-refractivity contribution in [1.82, 2.24) is 10.2 Å². The fraction of sp³-hybridized carbons (Fsp3) is 0.909. The molecule has 4 heteroatoms. The highest BCUT2D eigenvalue weighted by Gasteiger charge is 2.25. The molecular formula is C11H22N2O2. The molecular weight excluding hydrogens is 192 g/mol. The van der Waals surface area contributed by atoms with Crippen LogP contribution in [0.3, 0.4) is 0 Å². The number of piperidine rings is 1. The summed E-state index contributed by atoms with van der Waals surface area (Å²) in [7, 11) is 0. The molecule has 1 aliphatic rings. The molecule has 1 rings (SSSR count). The van der Waals surface area contributed by atoms with E-state index in [4.69, 9.17) is 0 Å². The van der Waals surface area contributed by atoms with E-state index in [1.54, 1.807) is 0 Å². The van der Waals surface area contributed by atoms with Gasteiger partial charge in [-0.15, -0.1) is 0 Å². The Labute approximate surface area is 91.6 Å². The van der Waals surface area contributed by atoms with E-state index >= 15 is 0 Å². The summed E-state index contributed by atoms with van der Waals surface area (Å²) in [6, 6.07) is 0.209. The molecule has 4 nitrogen and oxygen atoms in total. The third-order valence-corrected chi connectivity index (χ3v) is 2.92. The standard InChI is InChI=1S/C11H22N2O2/c1-8(2)12-11(15)13-6-4-10(5-7-13)9(3)14/h8-10,14H,4-7H2,1-3H3,(H,12,15). The molecule has 1 unspecified atom stereocenters. The lowest BCUT2D eigenvalue weighted by atomic mass is 9.92. The first-order valence-corrected chi connectivity index (χ1v) is 5.74. The van der Waals surface area contributed by atoms with Gasteiger partial charge < -0.3 is 15.3 Å². The summed E-state index contributed by atoms with van der Waals surface area (Å²) in [5.74, 6) is 0.355. The van der Waals surface area contributed by atoms with E-state index in [2.05, 4.69) is 5.32 Å². The molecule has 0 aromatic rings. The van der Waals surface area contributed by atoms with Gasteiger partial charge in [-0.25, -0.2) is 4.79 Å². The molecule has 1 atom stereocenters. The van der Waals surface area contributed by atoms with Crippen LogP contribution in [0, 0.1) is 5.92 Å². The van der Waals surface area contributed by atoms with Crippen LogP contribution in [-0.2, 0) is 0 Å². The minimum absolute atomic E-state index is 0.0223. The average molecular weight is 214 g/mol. The number of aliphatic hydroxyl groups excluding tert-OH is 1. The van der Waals surface area contributed by atoms with E-state index in [9.17, 15) is 9.90 Å². The Morgan fingerprint density at radius 2 is 1.87 bits per heavy atom. The second-order valence-corrected chi connectivity index (χ2v) is 4.67. The van der Waals surface area contributed by atoms with Crippen molar-refractivity contribution in [2.75, 3.05) is 13.1 Å². The summed E-state index contributed by atoms with van der Waals surface area (Å²) in [5, 5.41) is 12.3. The van der Waals surface area contributed by atoms with Gasteiger partial charge >= 0.3 is 6.03 Å². The Morgan fingerprint density at radius 1 is 1.33 bits per heavy atom. The molecule has 0 spiro atoms. The SMILES string of the molecule is CC(C)NC(=O)N1CCC(C(C)O)CC1. The minimum atomic E-state index is -0.250. The summed E-state index contributed by atoms with van der Waals surface area (Å²) in [6.45, 7) is 7.26. The fourth-order valence-electron chi connectivity index (χ4n) is 1.92. The van der Waals surface area contributed by atoms with E-state index < -0.39 is 0 Å². The fourth-order valence-corrected chi connectivity index (χ4v) is 1.92.